The maximum atomic E-state index is 8.81. The zero-order valence-electron chi connectivity index (χ0n) is 10.9. The van der Waals surface area contributed by atoms with Crippen LogP contribution in [0.1, 0.15) is 46.6 Å². The Morgan fingerprint density at radius 3 is 1.60 bits per heavy atom. The Hall–Kier alpha value is -1.18. The van der Waals surface area contributed by atoms with E-state index in [0.29, 0.717) is 0 Å². The molecule has 1 aromatic rings. The first-order valence-electron chi connectivity index (χ1n) is 5.49. The fourth-order valence-electron chi connectivity index (χ4n) is 0.426. The van der Waals surface area contributed by atoms with Crippen LogP contribution in [0.2, 0.25) is 0 Å². The highest BCUT2D eigenvalue weighted by Gasteiger charge is 1.72. The molecule has 0 saturated carbocycles. The zero-order chi connectivity index (χ0) is 12.5. The summed E-state index contributed by atoms with van der Waals surface area (Å²) in [6.45, 7) is 11.7. The molecule has 1 rings (SSSR count). The summed E-state index contributed by atoms with van der Waals surface area (Å²) in [7, 11) is 0. The summed E-state index contributed by atoms with van der Waals surface area (Å²) in [5.74, 6) is 0. The van der Waals surface area contributed by atoms with Crippen LogP contribution in [0.15, 0.2) is 24.5 Å². The van der Waals surface area contributed by atoms with Crippen molar-refractivity contribution in [3.05, 3.63) is 30.1 Å². The van der Waals surface area contributed by atoms with E-state index in [9.17, 15) is 0 Å². The smallest absolute Gasteiger partial charge is 0.116 e. The first-order valence-corrected chi connectivity index (χ1v) is 5.49. The van der Waals surface area contributed by atoms with Crippen LogP contribution in [0.3, 0.4) is 0 Å². The number of nitrogens with zero attached hydrogens (tertiary/aromatic N) is 1. The summed E-state index contributed by atoms with van der Waals surface area (Å²) in [5, 5.41) is 0. The van der Waals surface area contributed by atoms with Gasteiger partial charge in [0.1, 0.15) is 6.29 Å². The van der Waals surface area contributed by atoms with E-state index in [2.05, 4.69) is 18.8 Å². The lowest BCUT2D eigenvalue weighted by molar-refractivity contribution is -0.106. The molecule has 0 fully saturated rings. The maximum Gasteiger partial charge on any atom is 0.116 e. The molecular formula is C13H25NO. The van der Waals surface area contributed by atoms with Crippen LogP contribution in [0, 0.1) is 6.92 Å². The third kappa shape index (κ3) is 32.3. The van der Waals surface area contributed by atoms with Crippen LogP contribution in [-0.4, -0.2) is 11.3 Å². The second-order valence-electron chi connectivity index (χ2n) is 2.47. The lowest BCUT2D eigenvalue weighted by Gasteiger charge is -1.82. The molecule has 0 bridgehead atoms. The third-order valence-electron chi connectivity index (χ3n) is 0.847. The molecule has 0 aliphatic heterocycles. The van der Waals surface area contributed by atoms with Crippen molar-refractivity contribution in [1.29, 1.82) is 0 Å². The predicted octanol–water partition coefficient (Wildman–Crippen LogP) is 4.04. The van der Waals surface area contributed by atoms with Gasteiger partial charge in [0.15, 0.2) is 0 Å². The third-order valence-corrected chi connectivity index (χ3v) is 0.847. The molecule has 0 aliphatic carbocycles. The fraction of sp³-hybridized carbons (Fsp3) is 0.538. The number of pyridine rings is 1. The molecule has 0 aromatic carbocycles. The molecule has 1 aromatic heterocycles. The van der Waals surface area contributed by atoms with Crippen molar-refractivity contribution in [2.24, 2.45) is 0 Å². The Kier molecular flexibility index (Phi) is 29.8. The summed E-state index contributed by atoms with van der Waals surface area (Å²) in [6.07, 6.45) is 5.57. The monoisotopic (exact) mass is 211 g/mol. The van der Waals surface area contributed by atoms with Crippen molar-refractivity contribution in [2.45, 2.75) is 48.0 Å². The highest BCUT2D eigenvalue weighted by atomic mass is 16.1. The van der Waals surface area contributed by atoms with Gasteiger partial charge in [0.25, 0.3) is 0 Å². The highest BCUT2D eigenvalue weighted by molar-refractivity contribution is 5.44. The van der Waals surface area contributed by atoms with Crippen LogP contribution in [0.4, 0.5) is 0 Å². The van der Waals surface area contributed by atoms with Gasteiger partial charge >= 0.3 is 0 Å². The Morgan fingerprint density at radius 2 is 1.47 bits per heavy atom. The molecular weight excluding hydrogens is 186 g/mol. The molecule has 0 amide bonds. The average Bonchev–Trinajstić information content (AvgIpc) is 2.24. The normalized spacial score (nSPS) is 6.53. The second kappa shape index (κ2) is 23.0. The van der Waals surface area contributed by atoms with Gasteiger partial charge in [-0.1, -0.05) is 34.1 Å². The Labute approximate surface area is 94.7 Å². The van der Waals surface area contributed by atoms with Gasteiger partial charge < -0.3 is 4.79 Å². The lowest BCUT2D eigenvalue weighted by Crippen LogP contribution is -1.68. The van der Waals surface area contributed by atoms with Gasteiger partial charge in [0, 0.05) is 12.4 Å². The topological polar surface area (TPSA) is 30.0 Å². The van der Waals surface area contributed by atoms with Gasteiger partial charge in [-0.3, -0.25) is 4.98 Å². The van der Waals surface area contributed by atoms with Gasteiger partial charge in [-0.25, -0.2) is 0 Å². The molecule has 0 atom stereocenters. The Bertz CT molecular complexity index is 185. The fourth-order valence-corrected chi connectivity index (χ4v) is 0.426. The van der Waals surface area contributed by atoms with Crippen molar-refractivity contribution in [3.8, 4) is 0 Å². The van der Waals surface area contributed by atoms with E-state index in [1.54, 1.807) is 12.4 Å². The van der Waals surface area contributed by atoms with Crippen LogP contribution in [0.25, 0.3) is 0 Å². The first kappa shape index (κ1) is 19.4. The summed E-state index contributed by atoms with van der Waals surface area (Å²) in [5.41, 5.74) is 1.26. The number of hydrogen-bond acceptors (Lipinski definition) is 2. The first-order chi connectivity index (χ1) is 7.22. The number of hydrogen-bond donors (Lipinski definition) is 0. The van der Waals surface area contributed by atoms with Crippen molar-refractivity contribution in [2.75, 3.05) is 0 Å². The number of aromatic nitrogens is 1. The average molecular weight is 211 g/mol. The molecule has 0 aliphatic rings. The summed E-state index contributed by atoms with van der Waals surface area (Å²) in [4.78, 5) is 12.7. The standard InChI is InChI=1S/C6H7N.C3H8.C2H4O.C2H6/c1-6-2-4-7-5-3-6;1-3-2;1-2-3;1-2/h2-5H,1H3;3H2,1-2H3;2H,1H3;1-2H3. The molecule has 0 unspecified atom stereocenters. The molecule has 0 saturated heterocycles. The largest absolute Gasteiger partial charge is 0.304 e. The van der Waals surface area contributed by atoms with Gasteiger partial charge in [-0.15, -0.1) is 0 Å². The van der Waals surface area contributed by atoms with Gasteiger partial charge in [0.2, 0.25) is 0 Å². The minimum atomic E-state index is 0.750. The van der Waals surface area contributed by atoms with E-state index < -0.39 is 0 Å². The Balaban J connectivity index is -0.000000154. The van der Waals surface area contributed by atoms with Crippen LogP contribution >= 0.6 is 0 Å². The summed E-state index contributed by atoms with van der Waals surface area (Å²) < 4.78 is 0. The van der Waals surface area contributed by atoms with Crippen LogP contribution in [-0.2, 0) is 4.79 Å². The van der Waals surface area contributed by atoms with E-state index in [-0.39, 0.29) is 0 Å². The van der Waals surface area contributed by atoms with Gasteiger partial charge in [-0.2, -0.15) is 0 Å². The maximum absolute atomic E-state index is 8.81. The van der Waals surface area contributed by atoms with E-state index in [4.69, 9.17) is 4.79 Å². The molecule has 2 heteroatoms. The van der Waals surface area contributed by atoms with Crippen molar-refractivity contribution in [3.63, 3.8) is 0 Å². The quantitative estimate of drug-likeness (QED) is 0.606. The molecule has 0 spiro atoms. The zero-order valence-corrected chi connectivity index (χ0v) is 10.9. The molecule has 2 nitrogen and oxygen atoms in total. The van der Waals surface area contributed by atoms with Crippen molar-refractivity contribution >= 4 is 6.29 Å². The van der Waals surface area contributed by atoms with Crippen molar-refractivity contribution in [1.82, 2.24) is 4.98 Å². The summed E-state index contributed by atoms with van der Waals surface area (Å²) >= 11 is 0. The van der Waals surface area contributed by atoms with E-state index in [1.807, 2.05) is 32.9 Å². The molecule has 88 valence electrons. The number of aldehydes is 1. The predicted molar refractivity (Wildman–Crippen MR) is 68.0 cm³/mol. The molecule has 15 heavy (non-hydrogen) atoms. The number of aryl methyl sites for hydroxylation is 1. The minimum absolute atomic E-state index is 0.750. The number of rotatable bonds is 0. The van der Waals surface area contributed by atoms with Crippen LogP contribution in [0.5, 0.6) is 0 Å². The molecule has 1 heterocycles. The van der Waals surface area contributed by atoms with E-state index in [1.165, 1.54) is 18.9 Å². The molecule has 0 N–H and O–H groups in total. The van der Waals surface area contributed by atoms with Gasteiger partial charge in [-0.05, 0) is 31.5 Å². The van der Waals surface area contributed by atoms with Crippen LogP contribution < -0.4 is 0 Å². The van der Waals surface area contributed by atoms with Crippen molar-refractivity contribution < 1.29 is 4.79 Å². The second-order valence-corrected chi connectivity index (χ2v) is 2.47. The van der Waals surface area contributed by atoms with Gasteiger partial charge in [0.05, 0.1) is 0 Å². The lowest BCUT2D eigenvalue weighted by atomic mass is 10.3. The minimum Gasteiger partial charge on any atom is -0.304 e. The molecule has 0 radical (unpaired) electrons. The highest BCUT2D eigenvalue weighted by Crippen LogP contribution is 1.88. The number of carbonyl (C=O) groups excluding carboxylic acids is 1. The van der Waals surface area contributed by atoms with E-state index in [0.717, 1.165) is 6.29 Å². The summed E-state index contributed by atoms with van der Waals surface area (Å²) in [6, 6.07) is 3.94. The number of carbonyl (C=O) groups is 1. The Morgan fingerprint density at radius 1 is 1.20 bits per heavy atom. The van der Waals surface area contributed by atoms with E-state index >= 15 is 0 Å². The SMILES string of the molecule is CC.CC=O.CCC.Cc1ccncc1.